The monoisotopic (exact) mass is 312 g/mol. The summed E-state index contributed by atoms with van der Waals surface area (Å²) < 4.78 is 4.89. The van der Waals surface area contributed by atoms with E-state index in [0.717, 1.165) is 5.56 Å². The average molecular weight is 312 g/mol. The van der Waals surface area contributed by atoms with Crippen molar-refractivity contribution in [3.63, 3.8) is 0 Å². The first-order valence-corrected chi connectivity index (χ1v) is 7.44. The van der Waals surface area contributed by atoms with Gasteiger partial charge in [-0.25, -0.2) is 0 Å². The van der Waals surface area contributed by atoms with E-state index in [1.807, 2.05) is 37.3 Å². The summed E-state index contributed by atoms with van der Waals surface area (Å²) in [4.78, 5) is 28.2. The van der Waals surface area contributed by atoms with E-state index in [1.54, 1.807) is 24.5 Å². The van der Waals surface area contributed by atoms with Crippen LogP contribution in [0.4, 0.5) is 0 Å². The van der Waals surface area contributed by atoms with Crippen LogP contribution >= 0.6 is 0 Å². The van der Waals surface area contributed by atoms with Gasteiger partial charge < -0.3 is 10.1 Å². The first-order chi connectivity index (χ1) is 11.1. The third-order valence-corrected chi connectivity index (χ3v) is 3.71. The van der Waals surface area contributed by atoms with Gasteiger partial charge in [-0.05, 0) is 31.0 Å². The molecule has 5 heteroatoms. The molecule has 1 heterocycles. The van der Waals surface area contributed by atoms with E-state index in [4.69, 9.17) is 4.74 Å². The Bertz CT molecular complexity index is 644. The summed E-state index contributed by atoms with van der Waals surface area (Å²) in [5.41, 5.74) is 1.53. The summed E-state index contributed by atoms with van der Waals surface area (Å²) in [7, 11) is 1.36. The maximum Gasteiger partial charge on any atom is 0.311 e. The summed E-state index contributed by atoms with van der Waals surface area (Å²) in [5, 5.41) is 2.86. The lowest BCUT2D eigenvalue weighted by atomic mass is 9.93. The van der Waals surface area contributed by atoms with E-state index in [0.29, 0.717) is 12.0 Å². The van der Waals surface area contributed by atoms with Crippen LogP contribution in [0.15, 0.2) is 54.9 Å². The van der Waals surface area contributed by atoms with E-state index in [1.165, 1.54) is 7.11 Å². The number of amides is 1. The predicted octanol–water partition coefficient (Wildman–Crippen LogP) is 2.23. The van der Waals surface area contributed by atoms with Crippen LogP contribution in [0, 0.1) is 5.92 Å². The summed E-state index contributed by atoms with van der Waals surface area (Å²) in [6.07, 6.45) is 3.62. The number of esters is 1. The zero-order valence-electron chi connectivity index (χ0n) is 13.2. The fourth-order valence-corrected chi connectivity index (χ4v) is 2.38. The average Bonchev–Trinajstić information content (AvgIpc) is 2.60. The highest BCUT2D eigenvalue weighted by Gasteiger charge is 2.27. The first kappa shape index (κ1) is 16.7. The Morgan fingerprint density at radius 1 is 1.13 bits per heavy atom. The highest BCUT2D eigenvalue weighted by atomic mass is 16.5. The second kappa shape index (κ2) is 8.08. The molecule has 0 saturated carbocycles. The van der Waals surface area contributed by atoms with Crippen molar-refractivity contribution in [1.82, 2.24) is 10.3 Å². The van der Waals surface area contributed by atoms with E-state index in [-0.39, 0.29) is 17.9 Å². The molecule has 1 amide bonds. The minimum absolute atomic E-state index is 0.234. The minimum atomic E-state index is -0.451. The molecule has 2 rings (SSSR count). The third kappa shape index (κ3) is 4.64. The van der Waals surface area contributed by atoms with Crippen LogP contribution in [0.5, 0.6) is 0 Å². The molecule has 1 aromatic heterocycles. The Balaban J connectivity index is 2.09. The van der Waals surface area contributed by atoms with Crippen molar-refractivity contribution in [2.45, 2.75) is 19.4 Å². The zero-order valence-corrected chi connectivity index (χ0v) is 13.2. The molecule has 0 fully saturated rings. The quantitative estimate of drug-likeness (QED) is 0.831. The van der Waals surface area contributed by atoms with Gasteiger partial charge in [-0.1, -0.05) is 30.3 Å². The van der Waals surface area contributed by atoms with Crippen LogP contribution in [0.3, 0.4) is 0 Å². The van der Waals surface area contributed by atoms with Gasteiger partial charge in [0.1, 0.15) is 0 Å². The Morgan fingerprint density at radius 2 is 1.78 bits per heavy atom. The normalized spacial score (nSPS) is 13.0. The van der Waals surface area contributed by atoms with Crippen molar-refractivity contribution < 1.29 is 14.3 Å². The Labute approximate surface area is 135 Å². The third-order valence-electron chi connectivity index (χ3n) is 3.71. The number of nitrogens with zero attached hydrogens (tertiary/aromatic N) is 1. The predicted molar refractivity (Wildman–Crippen MR) is 86.8 cm³/mol. The highest BCUT2D eigenvalue weighted by molar-refractivity contribution is 5.94. The van der Waals surface area contributed by atoms with Crippen LogP contribution in [0.2, 0.25) is 0 Å². The van der Waals surface area contributed by atoms with Crippen LogP contribution in [-0.2, 0) is 16.0 Å². The van der Waals surface area contributed by atoms with Crippen molar-refractivity contribution in [2.75, 3.05) is 7.11 Å². The maximum atomic E-state index is 12.2. The lowest BCUT2D eigenvalue weighted by Gasteiger charge is -2.23. The van der Waals surface area contributed by atoms with Gasteiger partial charge in [-0.2, -0.15) is 0 Å². The number of carbonyl (C=O) groups excluding carboxylic acids is 2. The van der Waals surface area contributed by atoms with Crippen LogP contribution in [-0.4, -0.2) is 30.0 Å². The maximum absolute atomic E-state index is 12.2. The van der Waals surface area contributed by atoms with Gasteiger partial charge in [0.05, 0.1) is 13.0 Å². The Hall–Kier alpha value is -2.69. The summed E-state index contributed by atoms with van der Waals surface area (Å²) in [5.74, 6) is -1.02. The first-order valence-electron chi connectivity index (χ1n) is 7.44. The van der Waals surface area contributed by atoms with E-state index in [9.17, 15) is 9.59 Å². The van der Waals surface area contributed by atoms with Gasteiger partial charge >= 0.3 is 5.97 Å². The zero-order chi connectivity index (χ0) is 16.7. The lowest BCUT2D eigenvalue weighted by molar-refractivity contribution is -0.146. The molecular formula is C18H20N2O3. The fourth-order valence-electron chi connectivity index (χ4n) is 2.38. The number of carbonyl (C=O) groups is 2. The molecule has 120 valence electrons. The highest BCUT2D eigenvalue weighted by Crippen LogP contribution is 2.15. The number of hydrogen-bond donors (Lipinski definition) is 1. The smallest absolute Gasteiger partial charge is 0.311 e. The number of ether oxygens (including phenoxy) is 1. The molecule has 0 radical (unpaired) electrons. The molecule has 0 spiro atoms. The lowest BCUT2D eigenvalue weighted by Crippen LogP contribution is -2.42. The van der Waals surface area contributed by atoms with Gasteiger partial charge in [0.15, 0.2) is 0 Å². The standard InChI is InChI=1S/C18H20N2O3/c1-13(20-17(21)15-8-10-19-11-9-15)16(18(22)23-2)12-14-6-4-3-5-7-14/h3-11,13,16H,12H2,1-2H3,(H,20,21)/t13-,16-/m1/s1. The van der Waals surface area contributed by atoms with Crippen molar-refractivity contribution in [1.29, 1.82) is 0 Å². The number of pyridine rings is 1. The summed E-state index contributed by atoms with van der Waals surface area (Å²) in [6.45, 7) is 1.81. The van der Waals surface area contributed by atoms with Crippen LogP contribution in [0.1, 0.15) is 22.8 Å². The Morgan fingerprint density at radius 3 is 2.39 bits per heavy atom. The molecule has 0 bridgehead atoms. The van der Waals surface area contributed by atoms with E-state index >= 15 is 0 Å². The number of nitrogens with one attached hydrogen (secondary N) is 1. The molecule has 0 aliphatic heterocycles. The van der Waals surface area contributed by atoms with Gasteiger partial charge in [0, 0.05) is 24.0 Å². The van der Waals surface area contributed by atoms with Crippen molar-refractivity contribution in [3.8, 4) is 0 Å². The van der Waals surface area contributed by atoms with E-state index in [2.05, 4.69) is 10.3 Å². The van der Waals surface area contributed by atoms with E-state index < -0.39 is 5.92 Å². The molecule has 23 heavy (non-hydrogen) atoms. The number of methoxy groups -OCH3 is 1. The molecule has 2 aromatic rings. The van der Waals surface area contributed by atoms with Crippen LogP contribution < -0.4 is 5.32 Å². The molecule has 0 aliphatic rings. The molecule has 1 N–H and O–H groups in total. The molecule has 0 aliphatic carbocycles. The van der Waals surface area contributed by atoms with Gasteiger partial charge in [0.2, 0.25) is 0 Å². The Kier molecular flexibility index (Phi) is 5.86. The second-order valence-corrected chi connectivity index (χ2v) is 5.32. The molecule has 1 aromatic carbocycles. The number of rotatable bonds is 6. The molecular weight excluding hydrogens is 292 g/mol. The molecule has 0 saturated heterocycles. The van der Waals surface area contributed by atoms with Crippen LogP contribution in [0.25, 0.3) is 0 Å². The molecule has 0 unspecified atom stereocenters. The fraction of sp³-hybridized carbons (Fsp3) is 0.278. The van der Waals surface area contributed by atoms with Crippen molar-refractivity contribution in [3.05, 3.63) is 66.0 Å². The van der Waals surface area contributed by atoms with Crippen molar-refractivity contribution in [2.24, 2.45) is 5.92 Å². The second-order valence-electron chi connectivity index (χ2n) is 5.32. The minimum Gasteiger partial charge on any atom is -0.469 e. The summed E-state index contributed by atoms with van der Waals surface area (Å²) in [6, 6.07) is 12.6. The van der Waals surface area contributed by atoms with Gasteiger partial charge in [0.25, 0.3) is 5.91 Å². The topological polar surface area (TPSA) is 68.3 Å². The SMILES string of the molecule is COC(=O)[C@H](Cc1ccccc1)[C@@H](C)NC(=O)c1ccncc1. The molecule has 5 nitrogen and oxygen atoms in total. The van der Waals surface area contributed by atoms with Gasteiger partial charge in [-0.15, -0.1) is 0 Å². The summed E-state index contributed by atoms with van der Waals surface area (Å²) >= 11 is 0. The van der Waals surface area contributed by atoms with Crippen molar-refractivity contribution >= 4 is 11.9 Å². The van der Waals surface area contributed by atoms with Gasteiger partial charge in [-0.3, -0.25) is 14.6 Å². The largest absolute Gasteiger partial charge is 0.469 e. The number of aromatic nitrogens is 1. The number of benzene rings is 1. The number of hydrogen-bond acceptors (Lipinski definition) is 4. The molecule has 2 atom stereocenters.